The van der Waals surface area contributed by atoms with E-state index in [4.69, 9.17) is 0 Å². The molecule has 0 saturated carbocycles. The van der Waals surface area contributed by atoms with Gasteiger partial charge in [0.1, 0.15) is 17.8 Å². The molecule has 0 spiro atoms. The molecule has 1 aromatic heterocycles. The zero-order valence-corrected chi connectivity index (χ0v) is 12.4. The van der Waals surface area contributed by atoms with Crippen LogP contribution in [0.3, 0.4) is 0 Å². The molecule has 1 rings (SSSR count). The smallest absolute Gasteiger partial charge is 0.272 e. The average molecular weight is 264 g/mol. The fraction of sp³-hybridized carbons (Fsp3) is 0.643. The van der Waals surface area contributed by atoms with Crippen molar-refractivity contribution in [1.29, 1.82) is 0 Å². The maximum Gasteiger partial charge on any atom is 0.272 e. The number of rotatable bonds is 7. The van der Waals surface area contributed by atoms with E-state index in [0.29, 0.717) is 18.8 Å². The monoisotopic (exact) mass is 264 g/mol. The average Bonchev–Trinajstić information content (AvgIpc) is 2.46. The number of nitrogens with zero attached hydrogens (tertiary/aromatic N) is 4. The number of carbonyl (C=O) groups excluding carboxylic acids is 1. The van der Waals surface area contributed by atoms with E-state index in [1.54, 1.807) is 11.0 Å². The summed E-state index contributed by atoms with van der Waals surface area (Å²) >= 11 is 0. The zero-order valence-electron chi connectivity index (χ0n) is 12.4. The van der Waals surface area contributed by atoms with Gasteiger partial charge in [0.15, 0.2) is 0 Å². The predicted molar refractivity (Wildman–Crippen MR) is 77.5 cm³/mol. The highest BCUT2D eigenvalue weighted by molar-refractivity contribution is 5.92. The summed E-state index contributed by atoms with van der Waals surface area (Å²) in [4.78, 5) is 24.4. The van der Waals surface area contributed by atoms with Crippen LogP contribution in [-0.2, 0) is 0 Å². The molecule has 5 heteroatoms. The molecule has 5 nitrogen and oxygen atoms in total. The van der Waals surface area contributed by atoms with Gasteiger partial charge in [0.05, 0.1) is 0 Å². The van der Waals surface area contributed by atoms with Crippen LogP contribution in [0.25, 0.3) is 0 Å². The second-order valence-electron chi connectivity index (χ2n) is 4.51. The van der Waals surface area contributed by atoms with Crippen LogP contribution in [0.1, 0.15) is 44.1 Å². The van der Waals surface area contributed by atoms with Crippen LogP contribution in [0.4, 0.5) is 5.82 Å². The maximum absolute atomic E-state index is 12.2. The van der Waals surface area contributed by atoms with Crippen molar-refractivity contribution in [3.8, 4) is 0 Å². The summed E-state index contributed by atoms with van der Waals surface area (Å²) in [6.45, 7) is 8.42. The molecule has 0 radical (unpaired) electrons. The Morgan fingerprint density at radius 1 is 1.21 bits per heavy atom. The predicted octanol–water partition coefficient (Wildman–Crippen LogP) is 2.19. The first-order chi connectivity index (χ1) is 9.13. The van der Waals surface area contributed by atoms with Gasteiger partial charge in [-0.15, -0.1) is 0 Å². The molecule has 1 aromatic rings. The quantitative estimate of drug-likeness (QED) is 0.757. The lowest BCUT2D eigenvalue weighted by Gasteiger charge is -2.20. The first-order valence-electron chi connectivity index (χ1n) is 6.96. The lowest BCUT2D eigenvalue weighted by Crippen LogP contribution is -2.31. The highest BCUT2D eigenvalue weighted by Gasteiger charge is 2.15. The molecule has 106 valence electrons. The van der Waals surface area contributed by atoms with Crippen LogP contribution >= 0.6 is 0 Å². The van der Waals surface area contributed by atoms with Crippen molar-refractivity contribution in [2.75, 3.05) is 31.6 Å². The molecule has 0 unspecified atom stereocenters. The number of carbonyl (C=O) groups is 1. The minimum absolute atomic E-state index is 0.0301. The highest BCUT2D eigenvalue weighted by atomic mass is 16.2. The molecule has 0 bridgehead atoms. The van der Waals surface area contributed by atoms with Gasteiger partial charge in [0, 0.05) is 32.7 Å². The second-order valence-corrected chi connectivity index (χ2v) is 4.51. The minimum Gasteiger partial charge on any atom is -0.360 e. The normalized spacial score (nSPS) is 10.3. The van der Waals surface area contributed by atoms with Gasteiger partial charge in [-0.2, -0.15) is 0 Å². The van der Waals surface area contributed by atoms with Gasteiger partial charge in [0.2, 0.25) is 0 Å². The van der Waals surface area contributed by atoms with Gasteiger partial charge >= 0.3 is 0 Å². The molecule has 0 aromatic carbocycles. The molecule has 1 amide bonds. The molecule has 0 saturated heterocycles. The van der Waals surface area contributed by atoms with Gasteiger partial charge in [-0.3, -0.25) is 4.79 Å². The van der Waals surface area contributed by atoms with Crippen LogP contribution in [0.2, 0.25) is 0 Å². The molecule has 0 aliphatic rings. The Bertz CT molecular complexity index is 404. The number of amides is 1. The lowest BCUT2D eigenvalue weighted by atomic mass is 10.3. The molecule has 0 atom stereocenters. The zero-order chi connectivity index (χ0) is 14.3. The third-order valence-corrected chi connectivity index (χ3v) is 3.16. The van der Waals surface area contributed by atoms with Crippen LogP contribution in [-0.4, -0.2) is 47.5 Å². The highest BCUT2D eigenvalue weighted by Crippen LogP contribution is 2.11. The van der Waals surface area contributed by atoms with E-state index in [2.05, 4.69) is 21.8 Å². The molecule has 0 N–H and O–H groups in total. The molecule has 0 fully saturated rings. The van der Waals surface area contributed by atoms with Crippen molar-refractivity contribution >= 4 is 11.7 Å². The molecule has 0 aliphatic heterocycles. The fourth-order valence-corrected chi connectivity index (χ4v) is 1.86. The van der Waals surface area contributed by atoms with Crippen molar-refractivity contribution in [2.45, 2.75) is 33.6 Å². The Morgan fingerprint density at radius 2 is 1.89 bits per heavy atom. The summed E-state index contributed by atoms with van der Waals surface area (Å²) in [5, 5.41) is 0. The van der Waals surface area contributed by atoms with E-state index in [1.807, 2.05) is 20.9 Å². The Balaban J connectivity index is 2.84. The topological polar surface area (TPSA) is 49.3 Å². The maximum atomic E-state index is 12.2. The fourth-order valence-electron chi connectivity index (χ4n) is 1.86. The summed E-state index contributed by atoms with van der Waals surface area (Å²) in [7, 11) is 1.99. The van der Waals surface area contributed by atoms with Crippen LogP contribution in [0.5, 0.6) is 0 Å². The molecule has 19 heavy (non-hydrogen) atoms. The van der Waals surface area contributed by atoms with Gasteiger partial charge in [0.25, 0.3) is 5.91 Å². The molecule has 1 heterocycles. The number of hydrogen-bond donors (Lipinski definition) is 0. The Kier molecular flexibility index (Phi) is 6.25. The largest absolute Gasteiger partial charge is 0.360 e. The van der Waals surface area contributed by atoms with E-state index < -0.39 is 0 Å². The number of aromatic nitrogens is 2. The van der Waals surface area contributed by atoms with Gasteiger partial charge in [-0.05, 0) is 20.3 Å². The van der Waals surface area contributed by atoms with Gasteiger partial charge in [-0.25, -0.2) is 9.97 Å². The first-order valence-corrected chi connectivity index (χ1v) is 6.96. The third-order valence-electron chi connectivity index (χ3n) is 3.16. The van der Waals surface area contributed by atoms with Crippen molar-refractivity contribution in [3.05, 3.63) is 18.1 Å². The summed E-state index contributed by atoms with van der Waals surface area (Å²) in [6.07, 6.45) is 3.72. The van der Waals surface area contributed by atoms with Crippen LogP contribution < -0.4 is 4.90 Å². The Hall–Kier alpha value is -1.65. The SMILES string of the molecule is CCCCN(C)c1cc(C(=O)N(CC)CC)ncn1. The van der Waals surface area contributed by atoms with Crippen molar-refractivity contribution in [3.63, 3.8) is 0 Å². The molecular weight excluding hydrogens is 240 g/mol. The van der Waals surface area contributed by atoms with Crippen LogP contribution in [0.15, 0.2) is 12.4 Å². The lowest BCUT2D eigenvalue weighted by molar-refractivity contribution is 0.0767. The van der Waals surface area contributed by atoms with Crippen LogP contribution in [0, 0.1) is 0 Å². The number of anilines is 1. The van der Waals surface area contributed by atoms with E-state index in [0.717, 1.165) is 25.2 Å². The Morgan fingerprint density at radius 3 is 2.47 bits per heavy atom. The Labute approximate surface area is 115 Å². The van der Waals surface area contributed by atoms with E-state index in [-0.39, 0.29) is 5.91 Å². The second kappa shape index (κ2) is 7.71. The van der Waals surface area contributed by atoms with E-state index in [1.165, 1.54) is 6.33 Å². The van der Waals surface area contributed by atoms with E-state index in [9.17, 15) is 4.79 Å². The van der Waals surface area contributed by atoms with Crippen molar-refractivity contribution in [2.24, 2.45) is 0 Å². The summed E-state index contributed by atoms with van der Waals surface area (Å²) in [6, 6.07) is 1.77. The molecule has 0 aliphatic carbocycles. The summed E-state index contributed by atoms with van der Waals surface area (Å²) in [5.41, 5.74) is 0.469. The van der Waals surface area contributed by atoms with Gasteiger partial charge in [-0.1, -0.05) is 13.3 Å². The first kappa shape index (κ1) is 15.4. The van der Waals surface area contributed by atoms with Crippen molar-refractivity contribution in [1.82, 2.24) is 14.9 Å². The van der Waals surface area contributed by atoms with Gasteiger partial charge < -0.3 is 9.80 Å². The summed E-state index contributed by atoms with van der Waals surface area (Å²) < 4.78 is 0. The minimum atomic E-state index is -0.0301. The van der Waals surface area contributed by atoms with Crippen molar-refractivity contribution < 1.29 is 4.79 Å². The third kappa shape index (κ3) is 4.19. The molecular formula is C14H24N4O. The standard InChI is InChI=1S/C14H24N4O/c1-5-8-9-17(4)13-10-12(15-11-16-13)14(19)18(6-2)7-3/h10-11H,5-9H2,1-4H3. The number of unbranched alkanes of at least 4 members (excludes halogenated alkanes) is 1. The number of hydrogen-bond acceptors (Lipinski definition) is 4. The van der Waals surface area contributed by atoms with E-state index >= 15 is 0 Å². The summed E-state index contributed by atoms with van der Waals surface area (Å²) in [5.74, 6) is 0.775.